The van der Waals surface area contributed by atoms with Crippen molar-refractivity contribution in [3.63, 3.8) is 0 Å². The lowest BCUT2D eigenvalue weighted by atomic mass is 9.92. The second-order valence-corrected chi connectivity index (χ2v) is 8.09. The van der Waals surface area contributed by atoms with E-state index in [0.717, 1.165) is 18.5 Å². The van der Waals surface area contributed by atoms with Crippen molar-refractivity contribution in [1.29, 1.82) is 0 Å². The second kappa shape index (κ2) is 6.76. The van der Waals surface area contributed by atoms with Gasteiger partial charge in [-0.25, -0.2) is 0 Å². The molecule has 3 rings (SSSR count). The quantitative estimate of drug-likeness (QED) is 0.859. The molecule has 2 amide bonds. The third-order valence-electron chi connectivity index (χ3n) is 4.26. The van der Waals surface area contributed by atoms with Crippen LogP contribution >= 0.6 is 11.6 Å². The van der Waals surface area contributed by atoms with Gasteiger partial charge < -0.3 is 10.6 Å². The minimum Gasteiger partial charge on any atom is -0.349 e. The lowest BCUT2D eigenvalue weighted by molar-refractivity contribution is 0.0949. The SMILES string of the molecule is Cn1nc(C(C)(C)C)cc1C(=O)Nc1ccc(Cl)c(C(=O)NC2CC2)c1. The van der Waals surface area contributed by atoms with Crippen LogP contribution in [0.15, 0.2) is 24.3 Å². The Kier molecular flexibility index (Phi) is 4.80. The summed E-state index contributed by atoms with van der Waals surface area (Å²) in [4.78, 5) is 24.9. The molecule has 1 saturated carbocycles. The number of anilines is 1. The molecule has 6 nitrogen and oxygen atoms in total. The first kappa shape index (κ1) is 18.5. The molecule has 1 aromatic carbocycles. The van der Waals surface area contributed by atoms with Crippen LogP contribution < -0.4 is 10.6 Å². The molecule has 0 bridgehead atoms. The summed E-state index contributed by atoms with van der Waals surface area (Å²) in [5.74, 6) is -0.504. The number of carbonyl (C=O) groups is 2. The molecular formula is C19H23ClN4O2. The molecule has 2 N–H and O–H groups in total. The van der Waals surface area contributed by atoms with E-state index in [1.807, 2.05) is 20.8 Å². The van der Waals surface area contributed by atoms with E-state index >= 15 is 0 Å². The number of aryl methyl sites for hydroxylation is 1. The molecule has 1 aliphatic rings. The fourth-order valence-electron chi connectivity index (χ4n) is 2.51. The summed E-state index contributed by atoms with van der Waals surface area (Å²) >= 11 is 6.14. The van der Waals surface area contributed by atoms with Crippen LogP contribution in [0.3, 0.4) is 0 Å². The van der Waals surface area contributed by atoms with Gasteiger partial charge in [0.2, 0.25) is 0 Å². The maximum atomic E-state index is 12.6. The Balaban J connectivity index is 1.79. The summed E-state index contributed by atoms with van der Waals surface area (Å²) in [6.45, 7) is 6.13. The molecule has 2 aromatic rings. The lowest BCUT2D eigenvalue weighted by Gasteiger charge is -2.13. The monoisotopic (exact) mass is 374 g/mol. The third kappa shape index (κ3) is 4.07. The Morgan fingerprint density at radius 3 is 2.46 bits per heavy atom. The van der Waals surface area contributed by atoms with Crippen molar-refractivity contribution in [1.82, 2.24) is 15.1 Å². The van der Waals surface area contributed by atoms with Gasteiger partial charge in [-0.2, -0.15) is 5.10 Å². The van der Waals surface area contributed by atoms with E-state index in [4.69, 9.17) is 11.6 Å². The normalized spacial score (nSPS) is 14.2. The van der Waals surface area contributed by atoms with E-state index in [9.17, 15) is 9.59 Å². The zero-order valence-electron chi connectivity index (χ0n) is 15.4. The van der Waals surface area contributed by atoms with Crippen LogP contribution in [0.25, 0.3) is 0 Å². The zero-order valence-corrected chi connectivity index (χ0v) is 16.1. The number of rotatable bonds is 4. The fourth-order valence-corrected chi connectivity index (χ4v) is 2.71. The number of hydrogen-bond acceptors (Lipinski definition) is 3. The Morgan fingerprint density at radius 1 is 1.19 bits per heavy atom. The number of nitrogens with one attached hydrogen (secondary N) is 2. The number of aromatic nitrogens is 2. The minimum absolute atomic E-state index is 0.148. The van der Waals surface area contributed by atoms with Gasteiger partial charge in [-0.15, -0.1) is 0 Å². The van der Waals surface area contributed by atoms with Gasteiger partial charge >= 0.3 is 0 Å². The van der Waals surface area contributed by atoms with Gasteiger partial charge in [0.05, 0.1) is 16.3 Å². The summed E-state index contributed by atoms with van der Waals surface area (Å²) in [5.41, 5.74) is 2.01. The number of hydrogen-bond donors (Lipinski definition) is 2. The average molecular weight is 375 g/mol. The summed E-state index contributed by atoms with van der Waals surface area (Å²) in [6, 6.07) is 6.91. The molecule has 0 aliphatic heterocycles. The number of carbonyl (C=O) groups excluding carboxylic acids is 2. The van der Waals surface area contributed by atoms with Crippen molar-refractivity contribution in [3.05, 3.63) is 46.2 Å². The van der Waals surface area contributed by atoms with Crippen LogP contribution in [0.1, 0.15) is 60.2 Å². The van der Waals surface area contributed by atoms with Gasteiger partial charge in [0.1, 0.15) is 5.69 Å². The number of benzene rings is 1. The molecule has 1 heterocycles. The first-order valence-corrected chi connectivity index (χ1v) is 8.99. The Labute approximate surface area is 157 Å². The van der Waals surface area contributed by atoms with Crippen molar-refractivity contribution >= 4 is 29.1 Å². The van der Waals surface area contributed by atoms with Gasteiger partial charge in [-0.3, -0.25) is 14.3 Å². The van der Waals surface area contributed by atoms with Crippen molar-refractivity contribution in [2.75, 3.05) is 5.32 Å². The first-order chi connectivity index (χ1) is 12.1. The van der Waals surface area contributed by atoms with E-state index in [-0.39, 0.29) is 23.3 Å². The smallest absolute Gasteiger partial charge is 0.273 e. The number of amides is 2. The summed E-state index contributed by atoms with van der Waals surface area (Å²) in [7, 11) is 1.74. The molecule has 1 aliphatic carbocycles. The molecule has 0 radical (unpaired) electrons. The highest BCUT2D eigenvalue weighted by molar-refractivity contribution is 6.34. The molecule has 0 spiro atoms. The average Bonchev–Trinajstić information content (AvgIpc) is 3.26. The highest BCUT2D eigenvalue weighted by Crippen LogP contribution is 2.25. The first-order valence-electron chi connectivity index (χ1n) is 8.61. The van der Waals surface area contributed by atoms with E-state index in [0.29, 0.717) is 22.0 Å². The van der Waals surface area contributed by atoms with Crippen LogP contribution in [0.5, 0.6) is 0 Å². The Bertz CT molecular complexity index is 863. The molecule has 0 unspecified atom stereocenters. The molecular weight excluding hydrogens is 352 g/mol. The van der Waals surface area contributed by atoms with Gasteiger partial charge in [0.25, 0.3) is 11.8 Å². The van der Waals surface area contributed by atoms with Crippen LogP contribution in [0.4, 0.5) is 5.69 Å². The van der Waals surface area contributed by atoms with Crippen molar-refractivity contribution < 1.29 is 9.59 Å². The predicted molar refractivity (Wildman–Crippen MR) is 102 cm³/mol. The van der Waals surface area contributed by atoms with Gasteiger partial charge in [-0.1, -0.05) is 32.4 Å². The van der Waals surface area contributed by atoms with Crippen molar-refractivity contribution in [2.45, 2.75) is 45.1 Å². The van der Waals surface area contributed by atoms with E-state index < -0.39 is 0 Å². The van der Waals surface area contributed by atoms with E-state index in [2.05, 4.69) is 15.7 Å². The minimum atomic E-state index is -0.286. The third-order valence-corrected chi connectivity index (χ3v) is 4.59. The molecule has 26 heavy (non-hydrogen) atoms. The highest BCUT2D eigenvalue weighted by Gasteiger charge is 2.25. The molecule has 138 valence electrons. The molecule has 7 heteroatoms. The summed E-state index contributed by atoms with van der Waals surface area (Å²) in [6.07, 6.45) is 1.99. The van der Waals surface area contributed by atoms with Gasteiger partial charge in [0, 0.05) is 24.2 Å². The Morgan fingerprint density at radius 2 is 1.88 bits per heavy atom. The summed E-state index contributed by atoms with van der Waals surface area (Å²) < 4.78 is 1.56. The van der Waals surface area contributed by atoms with Crippen molar-refractivity contribution in [2.24, 2.45) is 7.05 Å². The van der Waals surface area contributed by atoms with Crippen molar-refractivity contribution in [3.8, 4) is 0 Å². The molecule has 0 atom stereocenters. The molecule has 1 aromatic heterocycles. The lowest BCUT2D eigenvalue weighted by Crippen LogP contribution is -2.26. The number of halogens is 1. The highest BCUT2D eigenvalue weighted by atomic mass is 35.5. The predicted octanol–water partition coefficient (Wildman–Crippen LogP) is 3.52. The zero-order chi connectivity index (χ0) is 19.1. The summed E-state index contributed by atoms with van der Waals surface area (Å²) in [5, 5.41) is 10.5. The Hall–Kier alpha value is -2.34. The molecule has 0 saturated heterocycles. The van der Waals surface area contributed by atoms with Crippen LogP contribution in [-0.4, -0.2) is 27.6 Å². The van der Waals surface area contributed by atoms with Gasteiger partial charge in [-0.05, 0) is 37.1 Å². The van der Waals surface area contributed by atoms with Gasteiger partial charge in [0.15, 0.2) is 0 Å². The van der Waals surface area contributed by atoms with E-state index in [1.54, 1.807) is 36.0 Å². The topological polar surface area (TPSA) is 76.0 Å². The van der Waals surface area contributed by atoms with E-state index in [1.165, 1.54) is 0 Å². The molecule has 1 fully saturated rings. The number of nitrogens with zero attached hydrogens (tertiary/aromatic N) is 2. The fraction of sp³-hybridized carbons (Fsp3) is 0.421. The van der Waals surface area contributed by atoms with Crippen LogP contribution in [0, 0.1) is 0 Å². The van der Waals surface area contributed by atoms with Crippen LogP contribution in [-0.2, 0) is 12.5 Å². The van der Waals surface area contributed by atoms with Crippen LogP contribution in [0.2, 0.25) is 5.02 Å². The largest absolute Gasteiger partial charge is 0.349 e. The maximum Gasteiger partial charge on any atom is 0.273 e. The standard InChI is InChI=1S/C19H23ClN4O2/c1-19(2,3)16-10-15(24(4)23-16)18(26)22-12-7-8-14(20)13(9-12)17(25)21-11-5-6-11/h7-11H,5-6H2,1-4H3,(H,21,25)(H,22,26). The maximum absolute atomic E-state index is 12.6. The second-order valence-electron chi connectivity index (χ2n) is 7.68.